The van der Waals surface area contributed by atoms with Gasteiger partial charge in [0.15, 0.2) is 0 Å². The highest BCUT2D eigenvalue weighted by Crippen LogP contribution is 2.32. The van der Waals surface area contributed by atoms with E-state index in [0.29, 0.717) is 17.2 Å². The Labute approximate surface area is 159 Å². The van der Waals surface area contributed by atoms with Gasteiger partial charge in [-0.1, -0.05) is 30.3 Å². The fourth-order valence-corrected chi connectivity index (χ4v) is 3.58. The second-order valence-electron chi connectivity index (χ2n) is 6.92. The minimum Gasteiger partial charge on any atom is -0.370 e. The Morgan fingerprint density at radius 3 is 2.44 bits per heavy atom. The van der Waals surface area contributed by atoms with E-state index in [2.05, 4.69) is 39.8 Å². The number of nitrogens with one attached hydrogen (secondary N) is 2. The summed E-state index contributed by atoms with van der Waals surface area (Å²) in [6.45, 7) is 1.83. The van der Waals surface area contributed by atoms with Crippen LogP contribution in [0.25, 0.3) is 0 Å². The van der Waals surface area contributed by atoms with Gasteiger partial charge in [0.1, 0.15) is 0 Å². The van der Waals surface area contributed by atoms with E-state index < -0.39 is 5.91 Å². The van der Waals surface area contributed by atoms with Crippen LogP contribution in [0.5, 0.6) is 0 Å². The molecule has 6 heteroatoms. The molecular formula is C21H26N4O2. The summed E-state index contributed by atoms with van der Waals surface area (Å²) >= 11 is 0. The number of nitrogens with two attached hydrogens (primary N) is 1. The fourth-order valence-electron chi connectivity index (χ4n) is 3.58. The third-order valence-electron chi connectivity index (χ3n) is 5.08. The Morgan fingerprint density at radius 2 is 1.81 bits per heavy atom. The van der Waals surface area contributed by atoms with Crippen LogP contribution in [0, 0.1) is 5.92 Å². The average Bonchev–Trinajstić information content (AvgIpc) is 2.69. The largest absolute Gasteiger partial charge is 0.370 e. The Hall–Kier alpha value is -3.02. The van der Waals surface area contributed by atoms with Crippen LogP contribution in [0.15, 0.2) is 48.5 Å². The zero-order valence-electron chi connectivity index (χ0n) is 15.6. The van der Waals surface area contributed by atoms with Gasteiger partial charge in [-0.3, -0.25) is 4.79 Å². The summed E-state index contributed by atoms with van der Waals surface area (Å²) in [6, 6.07) is 15.5. The predicted octanol–water partition coefficient (Wildman–Crippen LogP) is 3.00. The molecule has 0 saturated carbocycles. The quantitative estimate of drug-likeness (QED) is 0.760. The van der Waals surface area contributed by atoms with Crippen LogP contribution in [-0.2, 0) is 6.42 Å². The third kappa shape index (κ3) is 4.78. The van der Waals surface area contributed by atoms with Gasteiger partial charge in [-0.25, -0.2) is 4.79 Å². The van der Waals surface area contributed by atoms with Crippen LogP contribution >= 0.6 is 0 Å². The highest BCUT2D eigenvalue weighted by molar-refractivity contribution is 5.98. The normalized spacial score (nSPS) is 14.6. The van der Waals surface area contributed by atoms with Gasteiger partial charge in [0.25, 0.3) is 0 Å². The molecule has 0 spiro atoms. The van der Waals surface area contributed by atoms with Crippen LogP contribution in [0.3, 0.4) is 0 Å². The SMILES string of the molecule is CNC(=O)Nc1cc(C(N)=O)ccc1N1CCC(Cc2ccccc2)CC1. The number of piperidine rings is 1. The van der Waals surface area contributed by atoms with E-state index in [-0.39, 0.29) is 6.03 Å². The molecule has 0 aromatic heterocycles. The number of hydrogen-bond donors (Lipinski definition) is 3. The summed E-state index contributed by atoms with van der Waals surface area (Å²) < 4.78 is 0. The molecule has 2 aromatic rings. The van der Waals surface area contributed by atoms with E-state index in [9.17, 15) is 9.59 Å². The maximum absolute atomic E-state index is 11.8. The minimum absolute atomic E-state index is 0.322. The van der Waals surface area contributed by atoms with Gasteiger partial charge in [0, 0.05) is 25.7 Å². The van der Waals surface area contributed by atoms with Crippen molar-refractivity contribution in [3.63, 3.8) is 0 Å². The Morgan fingerprint density at radius 1 is 1.11 bits per heavy atom. The first-order valence-corrected chi connectivity index (χ1v) is 9.28. The van der Waals surface area contributed by atoms with Crippen molar-refractivity contribution in [3.8, 4) is 0 Å². The molecule has 27 heavy (non-hydrogen) atoms. The summed E-state index contributed by atoms with van der Waals surface area (Å²) in [5, 5.41) is 5.35. The van der Waals surface area contributed by atoms with Crippen LogP contribution in [-0.4, -0.2) is 32.1 Å². The Balaban J connectivity index is 1.71. The smallest absolute Gasteiger partial charge is 0.319 e. The second kappa shape index (κ2) is 8.58. The van der Waals surface area contributed by atoms with Gasteiger partial charge in [0.2, 0.25) is 5.91 Å². The lowest BCUT2D eigenvalue weighted by Crippen LogP contribution is -2.35. The molecule has 0 unspecified atom stereocenters. The van der Waals surface area contributed by atoms with Crippen LogP contribution in [0.2, 0.25) is 0 Å². The van der Waals surface area contributed by atoms with Gasteiger partial charge < -0.3 is 21.3 Å². The fraction of sp³-hybridized carbons (Fsp3) is 0.333. The van der Waals surface area contributed by atoms with Gasteiger partial charge in [-0.15, -0.1) is 0 Å². The van der Waals surface area contributed by atoms with Crippen molar-refractivity contribution in [3.05, 3.63) is 59.7 Å². The van der Waals surface area contributed by atoms with Gasteiger partial charge in [-0.05, 0) is 48.9 Å². The monoisotopic (exact) mass is 366 g/mol. The van der Waals surface area contributed by atoms with Crippen molar-refractivity contribution in [1.29, 1.82) is 0 Å². The van der Waals surface area contributed by atoms with Crippen molar-refractivity contribution in [2.45, 2.75) is 19.3 Å². The van der Waals surface area contributed by atoms with Crippen LogP contribution in [0.1, 0.15) is 28.8 Å². The standard InChI is InChI=1S/C21H26N4O2/c1-23-21(27)24-18-14-17(20(22)26)7-8-19(18)25-11-9-16(10-12-25)13-15-5-3-2-4-6-15/h2-8,14,16H,9-13H2,1H3,(H2,22,26)(H2,23,24,27). The molecule has 0 radical (unpaired) electrons. The van der Waals surface area contributed by atoms with Gasteiger partial charge in [-0.2, -0.15) is 0 Å². The number of nitrogens with zero attached hydrogens (tertiary/aromatic N) is 1. The van der Waals surface area contributed by atoms with Crippen molar-refractivity contribution >= 4 is 23.3 Å². The number of amides is 3. The molecule has 1 aliphatic heterocycles. The molecule has 0 bridgehead atoms. The molecule has 1 saturated heterocycles. The van der Waals surface area contributed by atoms with E-state index in [1.807, 2.05) is 12.1 Å². The molecule has 6 nitrogen and oxygen atoms in total. The first-order chi connectivity index (χ1) is 13.1. The molecular weight excluding hydrogens is 340 g/mol. The summed E-state index contributed by atoms with van der Waals surface area (Å²) in [5.41, 5.74) is 8.66. The lowest BCUT2D eigenvalue weighted by molar-refractivity contribution is 0.100. The van der Waals surface area contributed by atoms with Crippen molar-refractivity contribution in [2.24, 2.45) is 11.7 Å². The molecule has 1 aliphatic rings. The van der Waals surface area contributed by atoms with Crippen molar-refractivity contribution in [2.75, 3.05) is 30.4 Å². The summed E-state index contributed by atoms with van der Waals surface area (Å²) in [7, 11) is 1.56. The maximum atomic E-state index is 11.8. The molecule has 2 aromatic carbocycles. The molecule has 3 amide bonds. The summed E-state index contributed by atoms with van der Waals surface area (Å²) in [5.74, 6) is 0.145. The lowest BCUT2D eigenvalue weighted by Gasteiger charge is -2.35. The number of hydrogen-bond acceptors (Lipinski definition) is 3. The number of carbonyl (C=O) groups is 2. The average molecular weight is 366 g/mol. The predicted molar refractivity (Wildman–Crippen MR) is 108 cm³/mol. The number of rotatable bonds is 5. The number of primary amides is 1. The lowest BCUT2D eigenvalue weighted by atomic mass is 9.90. The molecule has 1 heterocycles. The Bertz CT molecular complexity index is 799. The van der Waals surface area contributed by atoms with E-state index in [4.69, 9.17) is 5.73 Å². The van der Waals surface area contributed by atoms with E-state index >= 15 is 0 Å². The molecule has 3 rings (SSSR count). The first-order valence-electron chi connectivity index (χ1n) is 9.28. The van der Waals surface area contributed by atoms with E-state index in [1.54, 1.807) is 19.2 Å². The maximum Gasteiger partial charge on any atom is 0.319 e. The first kappa shape index (κ1) is 18.8. The second-order valence-corrected chi connectivity index (χ2v) is 6.92. The number of anilines is 2. The number of benzene rings is 2. The molecule has 0 atom stereocenters. The van der Waals surface area contributed by atoms with E-state index in [1.165, 1.54) is 5.56 Å². The topological polar surface area (TPSA) is 87.5 Å². The number of urea groups is 1. The molecule has 142 valence electrons. The summed E-state index contributed by atoms with van der Waals surface area (Å²) in [4.78, 5) is 25.6. The minimum atomic E-state index is -0.511. The van der Waals surface area contributed by atoms with Gasteiger partial charge >= 0.3 is 6.03 Å². The van der Waals surface area contributed by atoms with Crippen molar-refractivity contribution < 1.29 is 9.59 Å². The van der Waals surface area contributed by atoms with Crippen LogP contribution < -0.4 is 21.3 Å². The zero-order valence-corrected chi connectivity index (χ0v) is 15.6. The molecule has 0 aliphatic carbocycles. The summed E-state index contributed by atoms with van der Waals surface area (Å²) in [6.07, 6.45) is 3.27. The third-order valence-corrected chi connectivity index (χ3v) is 5.08. The van der Waals surface area contributed by atoms with Gasteiger partial charge in [0.05, 0.1) is 11.4 Å². The highest BCUT2D eigenvalue weighted by Gasteiger charge is 2.22. The van der Waals surface area contributed by atoms with Crippen molar-refractivity contribution in [1.82, 2.24) is 5.32 Å². The molecule has 4 N–H and O–H groups in total. The van der Waals surface area contributed by atoms with Crippen LogP contribution in [0.4, 0.5) is 16.2 Å². The van der Waals surface area contributed by atoms with E-state index in [0.717, 1.165) is 38.0 Å². The Kier molecular flexibility index (Phi) is 5.96. The number of carbonyl (C=O) groups excluding carboxylic acids is 2. The highest BCUT2D eigenvalue weighted by atomic mass is 16.2. The molecule has 1 fully saturated rings. The zero-order chi connectivity index (χ0) is 19.2.